The van der Waals surface area contributed by atoms with Crippen LogP contribution in [0.2, 0.25) is 0 Å². The van der Waals surface area contributed by atoms with Crippen molar-refractivity contribution in [2.45, 2.75) is 57.4 Å². The van der Waals surface area contributed by atoms with Crippen molar-refractivity contribution in [2.75, 3.05) is 0 Å². The van der Waals surface area contributed by atoms with Crippen molar-refractivity contribution in [3.8, 4) is 0 Å². The molecule has 1 saturated carbocycles. The third kappa shape index (κ3) is 3.61. The number of rotatable bonds is 4. The third-order valence-corrected chi connectivity index (χ3v) is 4.27. The maximum Gasteiger partial charge on any atom is 0.140 e. The van der Waals surface area contributed by atoms with Gasteiger partial charge < -0.3 is 5.73 Å². The Morgan fingerprint density at radius 1 is 1.47 bits per heavy atom. The summed E-state index contributed by atoms with van der Waals surface area (Å²) < 4.78 is 0. The summed E-state index contributed by atoms with van der Waals surface area (Å²) in [5.74, 6) is 0.236. The largest absolute Gasteiger partial charge is 0.325 e. The Morgan fingerprint density at radius 3 is 2.76 bits per heavy atom. The molecule has 1 heterocycles. The van der Waals surface area contributed by atoms with Gasteiger partial charge in [-0.3, -0.25) is 4.79 Å². The zero-order valence-electron chi connectivity index (χ0n) is 10.4. The average molecular weight is 252 g/mol. The van der Waals surface area contributed by atoms with Crippen molar-refractivity contribution >= 4 is 17.1 Å². The number of hydrogen-bond donors (Lipinski definition) is 1. The Bertz CT molecular complexity index is 394. The van der Waals surface area contributed by atoms with Gasteiger partial charge in [0.15, 0.2) is 0 Å². The molecule has 17 heavy (non-hydrogen) atoms. The van der Waals surface area contributed by atoms with Crippen molar-refractivity contribution in [2.24, 2.45) is 5.73 Å². The minimum absolute atomic E-state index is 0.236. The molecule has 4 heteroatoms. The molecule has 3 nitrogen and oxygen atoms in total. The van der Waals surface area contributed by atoms with Crippen LogP contribution in [-0.2, 0) is 11.2 Å². The summed E-state index contributed by atoms with van der Waals surface area (Å²) >= 11 is 1.60. The van der Waals surface area contributed by atoms with E-state index in [1.54, 1.807) is 11.3 Å². The second kappa shape index (κ2) is 5.27. The fourth-order valence-electron chi connectivity index (χ4n) is 2.58. The highest BCUT2D eigenvalue weighted by Crippen LogP contribution is 2.29. The van der Waals surface area contributed by atoms with E-state index in [-0.39, 0.29) is 11.3 Å². The predicted molar refractivity (Wildman–Crippen MR) is 70.2 cm³/mol. The summed E-state index contributed by atoms with van der Waals surface area (Å²) in [6.45, 7) is 1.96. The molecule has 1 aromatic heterocycles. The fraction of sp³-hybridized carbons (Fsp3) is 0.692. The molecular formula is C13H20N2OS. The van der Waals surface area contributed by atoms with Gasteiger partial charge in [-0.15, -0.1) is 11.3 Å². The van der Waals surface area contributed by atoms with Crippen LogP contribution >= 0.6 is 11.3 Å². The molecule has 0 saturated heterocycles. The molecule has 2 rings (SSSR count). The number of carbonyl (C=O) groups is 1. The molecule has 0 amide bonds. The van der Waals surface area contributed by atoms with E-state index in [4.69, 9.17) is 5.73 Å². The van der Waals surface area contributed by atoms with Crippen LogP contribution in [0.1, 0.15) is 49.2 Å². The van der Waals surface area contributed by atoms with Crippen LogP contribution in [-0.4, -0.2) is 16.3 Å². The van der Waals surface area contributed by atoms with Gasteiger partial charge >= 0.3 is 0 Å². The van der Waals surface area contributed by atoms with Gasteiger partial charge in [-0.1, -0.05) is 19.3 Å². The Balaban J connectivity index is 1.88. The fourth-order valence-corrected chi connectivity index (χ4v) is 3.19. The molecule has 1 aromatic rings. The van der Waals surface area contributed by atoms with Crippen LogP contribution in [0.5, 0.6) is 0 Å². The summed E-state index contributed by atoms with van der Waals surface area (Å²) in [6.07, 6.45) is 6.55. The van der Waals surface area contributed by atoms with E-state index in [1.165, 1.54) is 19.3 Å². The first-order chi connectivity index (χ1) is 8.07. The number of ketones is 1. The number of nitrogens with two attached hydrogens (primary N) is 1. The van der Waals surface area contributed by atoms with Gasteiger partial charge in [0.2, 0.25) is 0 Å². The number of carbonyl (C=O) groups excluding carboxylic acids is 1. The second-order valence-corrected chi connectivity index (χ2v) is 6.24. The molecule has 0 atom stereocenters. The lowest BCUT2D eigenvalue weighted by Gasteiger charge is -2.32. The second-order valence-electron chi connectivity index (χ2n) is 5.17. The molecule has 0 aliphatic heterocycles. The molecule has 0 aromatic carbocycles. The maximum absolute atomic E-state index is 12.0. The number of aromatic nitrogens is 1. The highest BCUT2D eigenvalue weighted by molar-refractivity contribution is 7.09. The molecule has 0 radical (unpaired) electrons. The standard InChI is InChI=1S/C13H20N2OS/c1-10-15-11(9-17-10)7-12(16)8-13(14)5-3-2-4-6-13/h9H,2-8,14H2,1H3. The minimum Gasteiger partial charge on any atom is -0.325 e. The SMILES string of the molecule is Cc1nc(CC(=O)CC2(N)CCCCC2)cs1. The monoisotopic (exact) mass is 252 g/mol. The van der Waals surface area contributed by atoms with Crippen LogP contribution in [0.4, 0.5) is 0 Å². The average Bonchev–Trinajstić information content (AvgIpc) is 2.63. The van der Waals surface area contributed by atoms with Gasteiger partial charge in [-0.05, 0) is 19.8 Å². The summed E-state index contributed by atoms with van der Waals surface area (Å²) in [7, 11) is 0. The van der Waals surface area contributed by atoms with Gasteiger partial charge in [-0.2, -0.15) is 0 Å². The topological polar surface area (TPSA) is 56.0 Å². The zero-order valence-corrected chi connectivity index (χ0v) is 11.2. The molecule has 1 aliphatic carbocycles. The van der Waals surface area contributed by atoms with Gasteiger partial charge in [0.25, 0.3) is 0 Å². The number of Topliss-reactive ketones (excluding diaryl/α,β-unsaturated/α-hetero) is 1. The molecular weight excluding hydrogens is 232 g/mol. The smallest absolute Gasteiger partial charge is 0.140 e. The van der Waals surface area contributed by atoms with Gasteiger partial charge in [0.05, 0.1) is 10.7 Å². The lowest BCUT2D eigenvalue weighted by atomic mass is 9.79. The molecule has 0 unspecified atom stereocenters. The highest BCUT2D eigenvalue weighted by Gasteiger charge is 2.29. The summed E-state index contributed by atoms with van der Waals surface area (Å²) in [4.78, 5) is 16.3. The quantitative estimate of drug-likeness (QED) is 0.896. The van der Waals surface area contributed by atoms with Crippen LogP contribution < -0.4 is 5.73 Å². The number of nitrogens with zero attached hydrogens (tertiary/aromatic N) is 1. The van der Waals surface area contributed by atoms with E-state index < -0.39 is 0 Å². The van der Waals surface area contributed by atoms with E-state index in [2.05, 4.69) is 4.98 Å². The van der Waals surface area contributed by atoms with Crippen LogP contribution in [0, 0.1) is 6.92 Å². The van der Waals surface area contributed by atoms with Gasteiger partial charge in [-0.25, -0.2) is 4.98 Å². The highest BCUT2D eigenvalue weighted by atomic mass is 32.1. The Morgan fingerprint density at radius 2 is 2.18 bits per heavy atom. The molecule has 1 aliphatic rings. The van der Waals surface area contributed by atoms with Crippen molar-refractivity contribution in [3.63, 3.8) is 0 Å². The number of hydrogen-bond acceptors (Lipinski definition) is 4. The first-order valence-electron chi connectivity index (χ1n) is 6.29. The van der Waals surface area contributed by atoms with Crippen molar-refractivity contribution in [1.82, 2.24) is 4.98 Å². The summed E-state index contributed by atoms with van der Waals surface area (Å²) in [6, 6.07) is 0. The number of aryl methyl sites for hydroxylation is 1. The van der Waals surface area contributed by atoms with Crippen molar-refractivity contribution in [3.05, 3.63) is 16.1 Å². The molecule has 94 valence electrons. The van der Waals surface area contributed by atoms with Crippen LogP contribution in [0.3, 0.4) is 0 Å². The van der Waals surface area contributed by atoms with Crippen molar-refractivity contribution < 1.29 is 4.79 Å². The minimum atomic E-state index is -0.236. The Labute approximate surface area is 106 Å². The third-order valence-electron chi connectivity index (χ3n) is 3.44. The van der Waals surface area contributed by atoms with E-state index in [0.717, 1.165) is 23.5 Å². The van der Waals surface area contributed by atoms with Gasteiger partial charge in [0, 0.05) is 23.8 Å². The Hall–Kier alpha value is -0.740. The first kappa shape index (κ1) is 12.7. The maximum atomic E-state index is 12.0. The van der Waals surface area contributed by atoms with Crippen LogP contribution in [0.25, 0.3) is 0 Å². The van der Waals surface area contributed by atoms with Crippen molar-refractivity contribution in [1.29, 1.82) is 0 Å². The van der Waals surface area contributed by atoms with E-state index in [0.29, 0.717) is 12.8 Å². The first-order valence-corrected chi connectivity index (χ1v) is 7.17. The molecule has 2 N–H and O–H groups in total. The molecule has 0 spiro atoms. The van der Waals surface area contributed by atoms with E-state index in [1.807, 2.05) is 12.3 Å². The number of thiazole rings is 1. The molecule has 1 fully saturated rings. The summed E-state index contributed by atoms with van der Waals surface area (Å²) in [5, 5.41) is 2.99. The van der Waals surface area contributed by atoms with Crippen LogP contribution in [0.15, 0.2) is 5.38 Å². The zero-order chi connectivity index (χ0) is 12.3. The van der Waals surface area contributed by atoms with E-state index in [9.17, 15) is 4.79 Å². The predicted octanol–water partition coefficient (Wildman–Crippen LogP) is 2.61. The Kier molecular flexibility index (Phi) is 3.94. The lowest BCUT2D eigenvalue weighted by Crippen LogP contribution is -2.43. The normalized spacial score (nSPS) is 19.2. The lowest BCUT2D eigenvalue weighted by molar-refractivity contribution is -0.119. The molecule has 0 bridgehead atoms. The summed E-state index contributed by atoms with van der Waals surface area (Å²) in [5.41, 5.74) is 6.94. The van der Waals surface area contributed by atoms with Gasteiger partial charge in [0.1, 0.15) is 5.78 Å². The van der Waals surface area contributed by atoms with E-state index >= 15 is 0 Å².